The highest BCUT2D eigenvalue weighted by Crippen LogP contribution is 2.28. The van der Waals surface area contributed by atoms with E-state index in [2.05, 4.69) is 5.32 Å². The molecule has 0 saturated heterocycles. The maximum Gasteiger partial charge on any atom is 0.293 e. The van der Waals surface area contributed by atoms with Crippen LogP contribution in [0.25, 0.3) is 0 Å². The van der Waals surface area contributed by atoms with Crippen molar-refractivity contribution in [2.45, 2.75) is 13.0 Å². The maximum absolute atomic E-state index is 12.7. The summed E-state index contributed by atoms with van der Waals surface area (Å²) >= 11 is 0. The van der Waals surface area contributed by atoms with Gasteiger partial charge in [-0.15, -0.1) is 0 Å². The molecule has 9 heteroatoms. The van der Waals surface area contributed by atoms with Gasteiger partial charge >= 0.3 is 0 Å². The topological polar surface area (TPSA) is 119 Å². The third-order valence-electron chi connectivity index (χ3n) is 4.18. The van der Waals surface area contributed by atoms with Gasteiger partial charge < -0.3 is 10.2 Å². The first kappa shape index (κ1) is 18.8. The minimum Gasteiger partial charge on any atom is -0.383 e. The number of carbonyl (C=O) groups is 1. The van der Waals surface area contributed by atoms with E-state index in [1.165, 1.54) is 35.2 Å². The van der Waals surface area contributed by atoms with Crippen LogP contribution >= 0.6 is 0 Å². The summed E-state index contributed by atoms with van der Waals surface area (Å²) in [6, 6.07) is 9.74. The lowest BCUT2D eigenvalue weighted by atomic mass is 10.0. The van der Waals surface area contributed by atoms with E-state index in [4.69, 9.17) is 0 Å². The van der Waals surface area contributed by atoms with Gasteiger partial charge in [0.05, 0.1) is 15.9 Å². The quantitative estimate of drug-likeness (QED) is 0.624. The monoisotopic (exact) mass is 358 g/mol. The number of anilines is 1. The van der Waals surface area contributed by atoms with Crippen molar-refractivity contribution in [3.63, 3.8) is 0 Å². The fraction of sp³-hybridized carbons (Fsp3) is 0.235. The predicted molar refractivity (Wildman–Crippen MR) is 96.2 cm³/mol. The van der Waals surface area contributed by atoms with E-state index in [1.807, 2.05) is 0 Å². The highest BCUT2D eigenvalue weighted by atomic mass is 16.6. The second kappa shape index (κ2) is 7.60. The molecule has 1 amide bonds. The van der Waals surface area contributed by atoms with Crippen molar-refractivity contribution < 1.29 is 14.6 Å². The van der Waals surface area contributed by atoms with Crippen molar-refractivity contribution in [3.8, 4) is 0 Å². The van der Waals surface area contributed by atoms with Gasteiger partial charge in [-0.05, 0) is 24.6 Å². The molecular formula is C17H18N4O5. The summed E-state index contributed by atoms with van der Waals surface area (Å²) in [6.45, 7) is 1.73. The molecule has 0 fully saturated rings. The van der Waals surface area contributed by atoms with E-state index in [0.29, 0.717) is 11.3 Å². The summed E-state index contributed by atoms with van der Waals surface area (Å²) in [6.07, 6.45) is 0. The van der Waals surface area contributed by atoms with Gasteiger partial charge in [0.25, 0.3) is 17.3 Å². The Bertz CT molecular complexity index is 868. The molecule has 9 nitrogen and oxygen atoms in total. The Balaban J connectivity index is 2.31. The maximum atomic E-state index is 12.7. The van der Waals surface area contributed by atoms with Crippen LogP contribution < -0.4 is 5.32 Å². The van der Waals surface area contributed by atoms with Crippen LogP contribution in [0.4, 0.5) is 17.1 Å². The van der Waals surface area contributed by atoms with Crippen LogP contribution in [-0.4, -0.2) is 34.7 Å². The molecule has 0 radical (unpaired) electrons. The van der Waals surface area contributed by atoms with Crippen molar-refractivity contribution >= 4 is 23.0 Å². The number of nitrogens with zero attached hydrogens (tertiary/aromatic N) is 3. The molecule has 2 aromatic carbocycles. The van der Waals surface area contributed by atoms with Crippen LogP contribution in [-0.2, 0) is 0 Å². The molecule has 0 aliphatic rings. The number of non-ortho nitro benzene ring substituents is 1. The third kappa shape index (κ3) is 3.77. The Morgan fingerprint density at radius 2 is 1.81 bits per heavy atom. The van der Waals surface area contributed by atoms with Crippen LogP contribution in [0.1, 0.15) is 28.9 Å². The molecule has 136 valence electrons. The van der Waals surface area contributed by atoms with Crippen LogP contribution in [0.5, 0.6) is 0 Å². The summed E-state index contributed by atoms with van der Waals surface area (Å²) in [5.74, 6) is -0.422. The third-order valence-corrected chi connectivity index (χ3v) is 4.18. The molecule has 1 atom stereocenters. The van der Waals surface area contributed by atoms with Crippen LogP contribution in [0, 0.1) is 20.2 Å². The summed E-state index contributed by atoms with van der Waals surface area (Å²) in [4.78, 5) is 35.1. The zero-order valence-corrected chi connectivity index (χ0v) is 14.5. The normalized spacial score (nSPS) is 11.5. The fourth-order valence-corrected chi connectivity index (χ4v) is 2.53. The number of nitrogens with one attached hydrogen (secondary N) is 1. The molecule has 0 heterocycles. The Hall–Kier alpha value is -3.49. The van der Waals surface area contributed by atoms with Crippen LogP contribution in [0.15, 0.2) is 42.5 Å². The van der Waals surface area contributed by atoms with E-state index in [9.17, 15) is 25.0 Å². The number of rotatable bonds is 6. The minimum atomic E-state index is -0.563. The van der Waals surface area contributed by atoms with Crippen LogP contribution in [0.3, 0.4) is 0 Å². The molecule has 0 aliphatic carbocycles. The highest BCUT2D eigenvalue weighted by molar-refractivity contribution is 5.95. The zero-order valence-electron chi connectivity index (χ0n) is 14.5. The lowest BCUT2D eigenvalue weighted by Crippen LogP contribution is -2.29. The van der Waals surface area contributed by atoms with Crippen molar-refractivity contribution in [2.24, 2.45) is 0 Å². The minimum absolute atomic E-state index is 0.0655. The molecule has 1 N–H and O–H groups in total. The number of amides is 1. The fourth-order valence-electron chi connectivity index (χ4n) is 2.53. The molecule has 0 aliphatic heterocycles. The molecule has 2 aromatic rings. The molecule has 0 spiro atoms. The Morgan fingerprint density at radius 1 is 1.12 bits per heavy atom. The van der Waals surface area contributed by atoms with Crippen molar-refractivity contribution in [1.82, 2.24) is 4.90 Å². The Kier molecular flexibility index (Phi) is 5.51. The number of carbonyl (C=O) groups excluding carboxylic acids is 1. The van der Waals surface area contributed by atoms with Gasteiger partial charge in [-0.1, -0.05) is 12.1 Å². The molecule has 26 heavy (non-hydrogen) atoms. The number of nitro groups is 2. The SMILES string of the molecule is CNc1ccc(C(=O)N(C)[C@H](C)c2cccc([N+](=O)[O-])c2)cc1[N+](=O)[O-]. The van der Waals surface area contributed by atoms with E-state index in [1.54, 1.807) is 33.2 Å². The first-order valence-electron chi connectivity index (χ1n) is 7.74. The summed E-state index contributed by atoms with van der Waals surface area (Å²) in [7, 11) is 3.10. The zero-order chi connectivity index (χ0) is 19.4. The average molecular weight is 358 g/mol. The van der Waals surface area contributed by atoms with Gasteiger partial charge in [-0.2, -0.15) is 0 Å². The molecule has 2 rings (SSSR count). The molecule has 0 unspecified atom stereocenters. The van der Waals surface area contributed by atoms with E-state index >= 15 is 0 Å². The molecule has 0 aromatic heterocycles. The molecule has 0 saturated carbocycles. The molecule has 0 bridgehead atoms. The second-order valence-corrected chi connectivity index (χ2v) is 5.68. The van der Waals surface area contributed by atoms with Crippen molar-refractivity contribution in [1.29, 1.82) is 0 Å². The number of hydrogen-bond donors (Lipinski definition) is 1. The number of nitro benzene ring substituents is 2. The van der Waals surface area contributed by atoms with Gasteiger partial charge in [-0.25, -0.2) is 0 Å². The van der Waals surface area contributed by atoms with Gasteiger partial charge in [0.2, 0.25) is 0 Å². The highest BCUT2D eigenvalue weighted by Gasteiger charge is 2.23. The number of hydrogen-bond acceptors (Lipinski definition) is 6. The van der Waals surface area contributed by atoms with E-state index < -0.39 is 21.8 Å². The van der Waals surface area contributed by atoms with Crippen molar-refractivity contribution in [3.05, 3.63) is 73.8 Å². The predicted octanol–water partition coefficient (Wildman–Crippen LogP) is 3.38. The van der Waals surface area contributed by atoms with Gasteiger partial charge in [0.15, 0.2) is 0 Å². The average Bonchev–Trinajstić information content (AvgIpc) is 2.65. The Morgan fingerprint density at radius 3 is 2.38 bits per heavy atom. The van der Waals surface area contributed by atoms with Crippen LogP contribution in [0.2, 0.25) is 0 Å². The standard InChI is InChI=1S/C17H18N4O5/c1-11(12-5-4-6-14(9-12)20(23)24)19(3)17(22)13-7-8-15(18-2)16(10-13)21(25)26/h4-11,18H,1-3H3/t11-/m1/s1. The smallest absolute Gasteiger partial charge is 0.293 e. The van der Waals surface area contributed by atoms with Gasteiger partial charge in [0, 0.05) is 37.9 Å². The van der Waals surface area contributed by atoms with Crippen molar-refractivity contribution in [2.75, 3.05) is 19.4 Å². The lowest BCUT2D eigenvalue weighted by Gasteiger charge is -2.25. The lowest BCUT2D eigenvalue weighted by molar-refractivity contribution is -0.385. The number of benzene rings is 2. The van der Waals surface area contributed by atoms with E-state index in [-0.39, 0.29) is 16.9 Å². The van der Waals surface area contributed by atoms with Gasteiger partial charge in [-0.3, -0.25) is 25.0 Å². The summed E-state index contributed by atoms with van der Waals surface area (Å²) < 4.78 is 0. The van der Waals surface area contributed by atoms with E-state index in [0.717, 1.165) is 0 Å². The largest absolute Gasteiger partial charge is 0.383 e. The molecular weight excluding hydrogens is 340 g/mol. The Labute approximate surface area is 149 Å². The van der Waals surface area contributed by atoms with Gasteiger partial charge in [0.1, 0.15) is 5.69 Å². The summed E-state index contributed by atoms with van der Waals surface area (Å²) in [5, 5.41) is 24.8. The first-order valence-corrected chi connectivity index (χ1v) is 7.74. The first-order chi connectivity index (χ1) is 12.3. The second-order valence-electron chi connectivity index (χ2n) is 5.68. The summed E-state index contributed by atoms with van der Waals surface area (Å²) in [5.41, 5.74) is 0.798.